The van der Waals surface area contributed by atoms with Crippen molar-refractivity contribution in [3.63, 3.8) is 0 Å². The van der Waals surface area contributed by atoms with Crippen LogP contribution in [0.25, 0.3) is 0 Å². The summed E-state index contributed by atoms with van der Waals surface area (Å²) in [5, 5.41) is 0. The molecule has 26 heavy (non-hydrogen) atoms. The molecule has 0 aliphatic heterocycles. The topological polar surface area (TPSA) is 0 Å². The van der Waals surface area contributed by atoms with E-state index in [0.717, 1.165) is 18.8 Å². The molecule has 1 saturated carbocycles. The Kier molecular flexibility index (Phi) is 5.16. The molecule has 0 heterocycles. The lowest BCUT2D eigenvalue weighted by Gasteiger charge is -2.20. The summed E-state index contributed by atoms with van der Waals surface area (Å²) in [6, 6.07) is 0. The van der Waals surface area contributed by atoms with Crippen molar-refractivity contribution in [3.05, 3.63) is 80.9 Å². The summed E-state index contributed by atoms with van der Waals surface area (Å²) < 4.78 is 0. The van der Waals surface area contributed by atoms with Crippen molar-refractivity contribution in [1.82, 2.24) is 0 Å². The van der Waals surface area contributed by atoms with Crippen LogP contribution >= 0.6 is 0 Å². The van der Waals surface area contributed by atoms with Crippen LogP contribution in [0.3, 0.4) is 0 Å². The van der Waals surface area contributed by atoms with Crippen molar-refractivity contribution in [2.24, 2.45) is 5.92 Å². The average Bonchev–Trinajstić information content (AvgIpc) is 3.08. The molecule has 0 aromatic rings. The molecule has 4 aliphatic carbocycles. The smallest absolute Gasteiger partial charge is 0.00219 e. The van der Waals surface area contributed by atoms with Crippen LogP contribution in [0.2, 0.25) is 0 Å². The van der Waals surface area contributed by atoms with Gasteiger partial charge in [-0.25, -0.2) is 0 Å². The second-order valence-corrected chi connectivity index (χ2v) is 8.28. The lowest BCUT2D eigenvalue weighted by atomic mass is 9.85. The molecule has 0 spiro atoms. The molecule has 0 saturated heterocycles. The van der Waals surface area contributed by atoms with Crippen molar-refractivity contribution in [1.29, 1.82) is 0 Å². The van der Waals surface area contributed by atoms with E-state index in [-0.39, 0.29) is 0 Å². The van der Waals surface area contributed by atoms with E-state index in [2.05, 4.69) is 55.7 Å². The van der Waals surface area contributed by atoms with Crippen molar-refractivity contribution >= 4 is 0 Å². The van der Waals surface area contributed by atoms with Gasteiger partial charge in [0.1, 0.15) is 0 Å². The fourth-order valence-electron chi connectivity index (χ4n) is 4.62. The zero-order valence-electron chi connectivity index (χ0n) is 16.3. The third-order valence-corrected chi connectivity index (χ3v) is 6.31. The van der Waals surface area contributed by atoms with Gasteiger partial charge in [0.2, 0.25) is 0 Å². The maximum absolute atomic E-state index is 3.77. The summed E-state index contributed by atoms with van der Waals surface area (Å²) in [4.78, 5) is 0. The van der Waals surface area contributed by atoms with Crippen LogP contribution in [0.15, 0.2) is 80.9 Å². The van der Waals surface area contributed by atoms with E-state index in [1.54, 1.807) is 16.7 Å². The third kappa shape index (κ3) is 3.59. The first kappa shape index (κ1) is 17.4. The highest BCUT2D eigenvalue weighted by molar-refractivity contribution is 5.59. The fraction of sp³-hybridized carbons (Fsp3) is 0.462. The number of rotatable bonds is 1. The van der Waals surface area contributed by atoms with Gasteiger partial charge in [0.25, 0.3) is 0 Å². The maximum atomic E-state index is 3.77. The monoisotopic (exact) mass is 342 g/mol. The zero-order valence-corrected chi connectivity index (χ0v) is 16.3. The van der Waals surface area contributed by atoms with Crippen LogP contribution in [0.4, 0.5) is 0 Å². The minimum Gasteiger partial charge on any atom is -0.125 e. The number of hydrogen-bond donors (Lipinski definition) is 0. The van der Waals surface area contributed by atoms with Gasteiger partial charge in [-0.3, -0.25) is 0 Å². The van der Waals surface area contributed by atoms with Gasteiger partial charge in [-0.2, -0.15) is 0 Å². The summed E-state index contributed by atoms with van der Waals surface area (Å²) in [5.41, 5.74) is 17.4. The van der Waals surface area contributed by atoms with E-state index in [1.165, 1.54) is 67.2 Å². The molecule has 0 heteroatoms. The summed E-state index contributed by atoms with van der Waals surface area (Å²) in [6.45, 7) is 4.63. The molecule has 0 radical (unpaired) electrons. The van der Waals surface area contributed by atoms with Crippen LogP contribution < -0.4 is 0 Å². The Balaban J connectivity index is 1.93. The SMILES string of the molecule is CC1=C2C=C=C3CCC(C)CCC3=C(C3=CCCC3)C=C2CCC=C=C1. The second-order valence-electron chi connectivity index (χ2n) is 8.28. The normalized spacial score (nSPS) is 26.1. The minimum absolute atomic E-state index is 0.818. The standard InChI is InChI=1S/C26H30/c1-19-12-14-22-15-17-24-20(2)8-4-3-5-11-23(24)18-26(25(22)16-13-19)21-9-6-7-10-21/h3,8-9,17-19H,5-7,10-14,16H2,1-2H3. The largest absolute Gasteiger partial charge is 0.125 e. The highest BCUT2D eigenvalue weighted by Crippen LogP contribution is 2.40. The highest BCUT2D eigenvalue weighted by Gasteiger charge is 2.22. The molecule has 0 aromatic heterocycles. The first-order valence-corrected chi connectivity index (χ1v) is 10.4. The van der Waals surface area contributed by atoms with Crippen LogP contribution in [0, 0.1) is 5.92 Å². The van der Waals surface area contributed by atoms with Crippen molar-refractivity contribution in [2.75, 3.05) is 0 Å². The van der Waals surface area contributed by atoms with Gasteiger partial charge in [-0.1, -0.05) is 19.1 Å². The summed E-state index contributed by atoms with van der Waals surface area (Å²) in [7, 11) is 0. The zero-order chi connectivity index (χ0) is 17.9. The van der Waals surface area contributed by atoms with Gasteiger partial charge in [0.05, 0.1) is 0 Å². The van der Waals surface area contributed by atoms with Crippen molar-refractivity contribution in [3.8, 4) is 0 Å². The van der Waals surface area contributed by atoms with Gasteiger partial charge in [-0.05, 0) is 128 Å². The molecule has 0 N–H and O–H groups in total. The minimum atomic E-state index is 0.818. The molecule has 4 aliphatic rings. The molecule has 1 fully saturated rings. The van der Waals surface area contributed by atoms with Crippen LogP contribution in [-0.4, -0.2) is 0 Å². The third-order valence-electron chi connectivity index (χ3n) is 6.31. The molecule has 1 atom stereocenters. The Morgan fingerprint density at radius 3 is 2.65 bits per heavy atom. The number of hydrogen-bond acceptors (Lipinski definition) is 0. The summed E-state index contributed by atoms with van der Waals surface area (Å²) in [6.07, 6.45) is 22.6. The Hall–Kier alpha value is -2.00. The van der Waals surface area contributed by atoms with E-state index < -0.39 is 0 Å². The van der Waals surface area contributed by atoms with Crippen LogP contribution in [-0.2, 0) is 0 Å². The molecule has 0 aromatic carbocycles. The molecular formula is C26H30. The highest BCUT2D eigenvalue weighted by atomic mass is 14.3. The molecule has 134 valence electrons. The molecule has 0 nitrogen and oxygen atoms in total. The predicted molar refractivity (Wildman–Crippen MR) is 111 cm³/mol. The van der Waals surface area contributed by atoms with Crippen LogP contribution in [0.5, 0.6) is 0 Å². The Morgan fingerprint density at radius 2 is 1.81 bits per heavy atom. The predicted octanol–water partition coefficient (Wildman–Crippen LogP) is 7.45. The van der Waals surface area contributed by atoms with E-state index in [1.807, 2.05) is 0 Å². The molecule has 4 rings (SSSR count). The fourth-order valence-corrected chi connectivity index (χ4v) is 4.62. The Labute approximate surface area is 158 Å². The molecule has 0 bridgehead atoms. The van der Waals surface area contributed by atoms with E-state index in [9.17, 15) is 0 Å². The molecular weight excluding hydrogens is 312 g/mol. The number of fused-ring (bicyclic) bond motifs is 2. The van der Waals surface area contributed by atoms with Gasteiger partial charge in [-0.15, -0.1) is 11.5 Å². The van der Waals surface area contributed by atoms with E-state index in [4.69, 9.17) is 0 Å². The summed E-state index contributed by atoms with van der Waals surface area (Å²) in [5.74, 6) is 0.818. The van der Waals surface area contributed by atoms with Gasteiger partial charge in [0, 0.05) is 0 Å². The molecule has 0 amide bonds. The van der Waals surface area contributed by atoms with Gasteiger partial charge in [0.15, 0.2) is 0 Å². The van der Waals surface area contributed by atoms with Crippen molar-refractivity contribution < 1.29 is 0 Å². The lowest BCUT2D eigenvalue weighted by molar-refractivity contribution is 0.514. The number of allylic oxidation sites excluding steroid dienone is 10. The van der Waals surface area contributed by atoms with Gasteiger partial charge < -0.3 is 0 Å². The van der Waals surface area contributed by atoms with E-state index >= 15 is 0 Å². The summed E-state index contributed by atoms with van der Waals surface area (Å²) >= 11 is 0. The Bertz CT molecular complexity index is 850. The average molecular weight is 343 g/mol. The Morgan fingerprint density at radius 1 is 0.923 bits per heavy atom. The van der Waals surface area contributed by atoms with Gasteiger partial charge >= 0.3 is 0 Å². The lowest BCUT2D eigenvalue weighted by Crippen LogP contribution is -2.01. The second kappa shape index (κ2) is 7.71. The maximum Gasteiger partial charge on any atom is -0.00219 e. The van der Waals surface area contributed by atoms with Crippen molar-refractivity contribution in [2.45, 2.75) is 71.6 Å². The van der Waals surface area contributed by atoms with E-state index in [0.29, 0.717) is 0 Å². The quantitative estimate of drug-likeness (QED) is 0.434. The first-order valence-electron chi connectivity index (χ1n) is 10.4. The first-order chi connectivity index (χ1) is 12.7. The van der Waals surface area contributed by atoms with Crippen LogP contribution in [0.1, 0.15) is 71.6 Å². The molecule has 1 unspecified atom stereocenters.